The van der Waals surface area contributed by atoms with Crippen molar-refractivity contribution in [2.45, 2.75) is 6.42 Å². The van der Waals surface area contributed by atoms with E-state index in [2.05, 4.69) is 0 Å². The van der Waals surface area contributed by atoms with Crippen LogP contribution in [0.1, 0.15) is 16.1 Å². The van der Waals surface area contributed by atoms with E-state index in [9.17, 15) is 9.59 Å². The number of hydrogen-bond acceptors (Lipinski definition) is 4. The summed E-state index contributed by atoms with van der Waals surface area (Å²) in [4.78, 5) is 25.8. The second-order valence-corrected chi connectivity index (χ2v) is 5.78. The molecule has 1 aromatic heterocycles. The van der Waals surface area contributed by atoms with E-state index in [0.29, 0.717) is 22.2 Å². The van der Waals surface area contributed by atoms with Crippen LogP contribution in [0.4, 0.5) is 4.79 Å². The molecule has 0 saturated heterocycles. The minimum atomic E-state index is -0.517. The van der Waals surface area contributed by atoms with Crippen molar-refractivity contribution in [1.82, 2.24) is 4.90 Å². The van der Waals surface area contributed by atoms with Gasteiger partial charge in [0.1, 0.15) is 5.75 Å². The molecule has 2 aromatic rings. The molecule has 0 spiro atoms. The molecule has 21 heavy (non-hydrogen) atoms. The van der Waals surface area contributed by atoms with E-state index in [1.165, 1.54) is 16.2 Å². The van der Waals surface area contributed by atoms with Gasteiger partial charge in [0.25, 0.3) is 0 Å². The number of carbonyl (C=O) groups is 2. The zero-order valence-corrected chi connectivity index (χ0v) is 13.0. The molecule has 6 heteroatoms. The summed E-state index contributed by atoms with van der Waals surface area (Å²) in [6.45, 7) is 0.302. The van der Waals surface area contributed by atoms with Gasteiger partial charge in [-0.2, -0.15) is 0 Å². The van der Waals surface area contributed by atoms with Crippen LogP contribution in [0, 0.1) is 0 Å². The van der Waals surface area contributed by atoms with Crippen LogP contribution in [0.2, 0.25) is 5.02 Å². The van der Waals surface area contributed by atoms with E-state index in [-0.39, 0.29) is 12.2 Å². The Morgan fingerprint density at radius 1 is 1.29 bits per heavy atom. The van der Waals surface area contributed by atoms with Gasteiger partial charge in [-0.15, -0.1) is 11.3 Å². The summed E-state index contributed by atoms with van der Waals surface area (Å²) in [7, 11) is 1.59. The molecule has 0 saturated carbocycles. The normalized spacial score (nSPS) is 10.2. The van der Waals surface area contributed by atoms with Crippen LogP contribution >= 0.6 is 22.9 Å². The highest BCUT2D eigenvalue weighted by Gasteiger charge is 2.14. The van der Waals surface area contributed by atoms with Crippen molar-refractivity contribution in [1.29, 1.82) is 0 Å². The first kappa shape index (κ1) is 15.5. The summed E-state index contributed by atoms with van der Waals surface area (Å²) >= 11 is 7.22. The van der Waals surface area contributed by atoms with Crippen molar-refractivity contribution in [3.63, 3.8) is 0 Å². The number of rotatable bonds is 5. The Hall–Kier alpha value is -1.85. The summed E-state index contributed by atoms with van der Waals surface area (Å²) < 4.78 is 5.17. The van der Waals surface area contributed by atoms with Crippen LogP contribution in [-0.4, -0.2) is 30.4 Å². The monoisotopic (exact) mass is 323 g/mol. The lowest BCUT2D eigenvalue weighted by Crippen LogP contribution is -2.31. The zero-order valence-electron chi connectivity index (χ0n) is 11.4. The lowest BCUT2D eigenvalue weighted by Gasteiger charge is -2.16. The number of benzene rings is 1. The summed E-state index contributed by atoms with van der Waals surface area (Å²) in [5.74, 6) is 0.399. The average molecular weight is 324 g/mol. The molecule has 0 aliphatic rings. The first-order chi connectivity index (χ1) is 10.1. The molecule has 1 aromatic carbocycles. The Morgan fingerprint density at radius 2 is 2.10 bits per heavy atom. The lowest BCUT2D eigenvalue weighted by molar-refractivity contribution is 0.0972. The summed E-state index contributed by atoms with van der Waals surface area (Å²) in [6, 6.07) is 10.2. The van der Waals surface area contributed by atoms with Crippen molar-refractivity contribution in [2.75, 3.05) is 13.6 Å². The average Bonchev–Trinajstić information content (AvgIpc) is 2.98. The Bertz CT molecular complexity index is 628. The third-order valence-electron chi connectivity index (χ3n) is 2.78. The zero-order chi connectivity index (χ0) is 15.2. The fourth-order valence-electron chi connectivity index (χ4n) is 1.63. The number of hydrogen-bond donors (Lipinski definition) is 0. The van der Waals surface area contributed by atoms with Gasteiger partial charge in [0.05, 0.1) is 4.88 Å². The molecule has 2 rings (SSSR count). The number of halogens is 1. The van der Waals surface area contributed by atoms with Crippen molar-refractivity contribution >= 4 is 34.8 Å². The molecule has 0 aliphatic carbocycles. The summed E-state index contributed by atoms with van der Waals surface area (Å²) in [6.07, 6.45) is -0.252. The summed E-state index contributed by atoms with van der Waals surface area (Å²) in [5.41, 5.74) is 0. The third-order valence-corrected chi connectivity index (χ3v) is 3.93. The Morgan fingerprint density at radius 3 is 2.76 bits per heavy atom. The Kier molecular flexibility index (Phi) is 5.36. The SMILES string of the molecule is CN(CCC(=O)c1cccs1)C(=O)Oc1cccc(Cl)c1. The molecule has 0 unspecified atom stereocenters. The molecule has 0 atom stereocenters. The standard InChI is InChI=1S/C15H14ClNO3S/c1-17(8-7-13(18)14-6-3-9-21-14)15(19)20-12-5-2-4-11(16)10-12/h2-6,9-10H,7-8H2,1H3. The first-order valence-corrected chi connectivity index (χ1v) is 7.57. The maximum Gasteiger partial charge on any atom is 0.414 e. The van der Waals surface area contributed by atoms with Gasteiger partial charge >= 0.3 is 6.09 Å². The highest BCUT2D eigenvalue weighted by atomic mass is 35.5. The molecule has 0 aliphatic heterocycles. The third kappa shape index (κ3) is 4.58. The molecular formula is C15H14ClNO3S. The lowest BCUT2D eigenvalue weighted by atomic mass is 10.2. The number of thiophene rings is 1. The van der Waals surface area contributed by atoms with E-state index >= 15 is 0 Å². The van der Waals surface area contributed by atoms with Crippen LogP contribution in [0.15, 0.2) is 41.8 Å². The van der Waals surface area contributed by atoms with Gasteiger partial charge in [-0.05, 0) is 29.6 Å². The van der Waals surface area contributed by atoms with Crippen molar-refractivity contribution in [3.8, 4) is 5.75 Å². The largest absolute Gasteiger partial charge is 0.414 e. The van der Waals surface area contributed by atoms with Gasteiger partial charge < -0.3 is 9.64 Å². The number of nitrogens with zero attached hydrogens (tertiary/aromatic N) is 1. The minimum Gasteiger partial charge on any atom is -0.410 e. The second kappa shape index (κ2) is 7.24. The predicted molar refractivity (Wildman–Crippen MR) is 83.4 cm³/mol. The highest BCUT2D eigenvalue weighted by Crippen LogP contribution is 2.18. The van der Waals surface area contributed by atoms with E-state index < -0.39 is 6.09 Å². The van der Waals surface area contributed by atoms with Gasteiger partial charge in [0.2, 0.25) is 0 Å². The van der Waals surface area contributed by atoms with Crippen LogP contribution in [0.25, 0.3) is 0 Å². The molecule has 0 N–H and O–H groups in total. The van der Waals surface area contributed by atoms with Gasteiger partial charge in [0, 0.05) is 25.0 Å². The van der Waals surface area contributed by atoms with E-state index in [0.717, 1.165) is 0 Å². The number of Topliss-reactive ketones (excluding diaryl/α,β-unsaturated/α-hetero) is 1. The molecule has 4 nitrogen and oxygen atoms in total. The maximum atomic E-state index is 11.9. The number of ketones is 1. The molecule has 0 bridgehead atoms. The van der Waals surface area contributed by atoms with Crippen LogP contribution in [0.3, 0.4) is 0 Å². The molecule has 1 heterocycles. The highest BCUT2D eigenvalue weighted by molar-refractivity contribution is 7.12. The van der Waals surface area contributed by atoms with Gasteiger partial charge in [-0.25, -0.2) is 4.79 Å². The molecule has 1 amide bonds. The molecular weight excluding hydrogens is 310 g/mol. The topological polar surface area (TPSA) is 46.6 Å². The van der Waals surface area contributed by atoms with E-state index in [1.54, 1.807) is 37.4 Å². The van der Waals surface area contributed by atoms with E-state index in [4.69, 9.17) is 16.3 Å². The number of ether oxygens (including phenoxy) is 1. The summed E-state index contributed by atoms with van der Waals surface area (Å²) in [5, 5.41) is 2.35. The second-order valence-electron chi connectivity index (χ2n) is 4.40. The first-order valence-electron chi connectivity index (χ1n) is 6.31. The van der Waals surface area contributed by atoms with Crippen molar-refractivity contribution < 1.29 is 14.3 Å². The van der Waals surface area contributed by atoms with Crippen LogP contribution in [0.5, 0.6) is 5.75 Å². The quantitative estimate of drug-likeness (QED) is 0.778. The van der Waals surface area contributed by atoms with Crippen molar-refractivity contribution in [3.05, 3.63) is 51.7 Å². The number of carbonyl (C=O) groups excluding carboxylic acids is 2. The van der Waals surface area contributed by atoms with E-state index in [1.807, 2.05) is 11.4 Å². The van der Waals surface area contributed by atoms with Gasteiger partial charge in [-0.3, -0.25) is 4.79 Å². The van der Waals surface area contributed by atoms with Crippen LogP contribution < -0.4 is 4.74 Å². The molecule has 0 radical (unpaired) electrons. The maximum absolute atomic E-state index is 11.9. The minimum absolute atomic E-state index is 0.0207. The smallest absolute Gasteiger partial charge is 0.410 e. The van der Waals surface area contributed by atoms with Crippen molar-refractivity contribution in [2.24, 2.45) is 0 Å². The van der Waals surface area contributed by atoms with Gasteiger partial charge in [-0.1, -0.05) is 23.7 Å². The van der Waals surface area contributed by atoms with Gasteiger partial charge in [0.15, 0.2) is 5.78 Å². The fraction of sp³-hybridized carbons (Fsp3) is 0.200. The Labute approximate surface area is 131 Å². The predicted octanol–water partition coefficient (Wildman–Crippen LogP) is 4.11. The number of amides is 1. The molecule has 0 fully saturated rings. The van der Waals surface area contributed by atoms with Crippen LogP contribution in [-0.2, 0) is 0 Å². The molecule has 110 valence electrons. The Balaban J connectivity index is 1.84. The fourth-order valence-corrected chi connectivity index (χ4v) is 2.50.